The van der Waals surface area contributed by atoms with E-state index in [1.807, 2.05) is 26.8 Å². The van der Waals surface area contributed by atoms with E-state index in [-0.39, 0.29) is 6.04 Å². The average molecular weight is 280 g/mol. The molecule has 0 aromatic carbocycles. The molecule has 2 aromatic heterocycles. The zero-order chi connectivity index (χ0) is 14.2. The van der Waals surface area contributed by atoms with Gasteiger partial charge in [0, 0.05) is 4.88 Å². The van der Waals surface area contributed by atoms with Crippen LogP contribution in [-0.4, -0.2) is 31.3 Å². The number of carbonyl (C=O) groups is 1. The smallest absolute Gasteiger partial charge is 0.308 e. The number of hydrogen-bond acceptors (Lipinski definition) is 5. The number of tetrazole rings is 1. The predicted octanol–water partition coefficient (Wildman–Crippen LogP) is 2.30. The fraction of sp³-hybridized carbons (Fsp3) is 0.500. The van der Waals surface area contributed by atoms with Gasteiger partial charge < -0.3 is 5.11 Å². The third-order valence-electron chi connectivity index (χ3n) is 3.38. The second-order valence-corrected chi connectivity index (χ2v) is 5.92. The van der Waals surface area contributed by atoms with Crippen LogP contribution in [0.4, 0.5) is 0 Å². The van der Waals surface area contributed by atoms with Crippen molar-refractivity contribution in [1.82, 2.24) is 20.2 Å². The van der Waals surface area contributed by atoms with Crippen LogP contribution in [-0.2, 0) is 4.79 Å². The third kappa shape index (κ3) is 2.51. The molecule has 0 radical (unpaired) electrons. The molecule has 2 atom stereocenters. The summed E-state index contributed by atoms with van der Waals surface area (Å²) in [6, 6.07) is 1.73. The normalized spacial score (nSPS) is 14.3. The topological polar surface area (TPSA) is 80.9 Å². The van der Waals surface area contributed by atoms with Gasteiger partial charge in [0.1, 0.15) is 0 Å². The standard InChI is InChI=1S/C12H16N4O2S/c1-6-5-10(19-9(6)4)11-13-14-15-16(11)8(3)7(2)12(17)18/h5,7-8H,1-4H3,(H,17,18). The first-order valence-electron chi connectivity index (χ1n) is 6.00. The van der Waals surface area contributed by atoms with E-state index in [0.29, 0.717) is 5.82 Å². The number of aliphatic carboxylic acids is 1. The minimum atomic E-state index is -0.854. The van der Waals surface area contributed by atoms with Crippen molar-refractivity contribution in [1.29, 1.82) is 0 Å². The number of carboxylic acid groups (broad SMARTS) is 1. The number of aryl methyl sites for hydroxylation is 2. The van der Waals surface area contributed by atoms with E-state index in [1.165, 1.54) is 10.4 Å². The summed E-state index contributed by atoms with van der Waals surface area (Å²) in [5.74, 6) is -0.779. The van der Waals surface area contributed by atoms with E-state index >= 15 is 0 Å². The van der Waals surface area contributed by atoms with Gasteiger partial charge in [-0.2, -0.15) is 0 Å². The molecule has 2 unspecified atom stereocenters. The lowest BCUT2D eigenvalue weighted by Crippen LogP contribution is -2.23. The molecule has 0 aliphatic carbocycles. The maximum Gasteiger partial charge on any atom is 0.308 e. The fourth-order valence-electron chi connectivity index (χ4n) is 1.73. The van der Waals surface area contributed by atoms with Crippen LogP contribution in [0.1, 0.15) is 30.3 Å². The Morgan fingerprint density at radius 2 is 2.11 bits per heavy atom. The molecular weight excluding hydrogens is 264 g/mol. The van der Waals surface area contributed by atoms with Crippen LogP contribution in [0.2, 0.25) is 0 Å². The molecule has 19 heavy (non-hydrogen) atoms. The second kappa shape index (κ2) is 5.08. The minimum absolute atomic E-state index is 0.301. The van der Waals surface area contributed by atoms with Gasteiger partial charge in [-0.3, -0.25) is 4.79 Å². The van der Waals surface area contributed by atoms with Crippen molar-refractivity contribution in [2.45, 2.75) is 33.7 Å². The number of rotatable bonds is 4. The third-order valence-corrected chi connectivity index (χ3v) is 4.53. The molecule has 0 saturated heterocycles. The Kier molecular flexibility index (Phi) is 3.66. The number of carboxylic acids is 1. The van der Waals surface area contributed by atoms with Gasteiger partial charge in [0.05, 0.1) is 16.8 Å². The lowest BCUT2D eigenvalue weighted by atomic mass is 10.0. The predicted molar refractivity (Wildman–Crippen MR) is 72.1 cm³/mol. The van der Waals surface area contributed by atoms with Crippen molar-refractivity contribution < 1.29 is 9.90 Å². The summed E-state index contributed by atoms with van der Waals surface area (Å²) >= 11 is 1.61. The van der Waals surface area contributed by atoms with Crippen molar-refractivity contribution in [3.63, 3.8) is 0 Å². The van der Waals surface area contributed by atoms with Crippen molar-refractivity contribution in [2.24, 2.45) is 5.92 Å². The van der Waals surface area contributed by atoms with E-state index in [0.717, 1.165) is 4.88 Å². The summed E-state index contributed by atoms with van der Waals surface area (Å²) in [5.41, 5.74) is 1.19. The molecule has 102 valence electrons. The van der Waals surface area contributed by atoms with Gasteiger partial charge in [0.2, 0.25) is 0 Å². The van der Waals surface area contributed by atoms with Gasteiger partial charge in [-0.1, -0.05) is 0 Å². The number of hydrogen-bond donors (Lipinski definition) is 1. The average Bonchev–Trinajstić information content (AvgIpc) is 2.95. The van der Waals surface area contributed by atoms with Gasteiger partial charge in [-0.15, -0.1) is 16.4 Å². The summed E-state index contributed by atoms with van der Waals surface area (Å²) < 4.78 is 1.59. The molecule has 0 saturated carbocycles. The highest BCUT2D eigenvalue weighted by molar-refractivity contribution is 7.15. The molecule has 0 amide bonds. The highest BCUT2D eigenvalue weighted by Crippen LogP contribution is 2.31. The monoisotopic (exact) mass is 280 g/mol. The molecule has 2 rings (SSSR count). The number of thiophene rings is 1. The summed E-state index contributed by atoms with van der Waals surface area (Å²) in [6.07, 6.45) is 0. The van der Waals surface area contributed by atoms with Crippen molar-refractivity contribution in [3.05, 3.63) is 16.5 Å². The van der Waals surface area contributed by atoms with Crippen molar-refractivity contribution in [2.75, 3.05) is 0 Å². The Labute approximate surface area is 115 Å². The van der Waals surface area contributed by atoms with Crippen LogP contribution in [0.5, 0.6) is 0 Å². The van der Waals surface area contributed by atoms with Crippen LogP contribution in [0.25, 0.3) is 10.7 Å². The molecule has 0 spiro atoms. The molecule has 7 heteroatoms. The first kappa shape index (κ1) is 13.7. The first-order valence-corrected chi connectivity index (χ1v) is 6.81. The van der Waals surface area contributed by atoms with E-state index in [9.17, 15) is 4.79 Å². The van der Waals surface area contributed by atoms with Gasteiger partial charge in [0.25, 0.3) is 0 Å². The molecule has 6 nitrogen and oxygen atoms in total. The molecule has 2 heterocycles. The van der Waals surface area contributed by atoms with E-state index < -0.39 is 11.9 Å². The van der Waals surface area contributed by atoms with Crippen LogP contribution in [0.3, 0.4) is 0 Å². The minimum Gasteiger partial charge on any atom is -0.481 e. The van der Waals surface area contributed by atoms with Crippen molar-refractivity contribution >= 4 is 17.3 Å². The first-order chi connectivity index (χ1) is 8.91. The lowest BCUT2D eigenvalue weighted by Gasteiger charge is -2.16. The highest BCUT2D eigenvalue weighted by Gasteiger charge is 2.25. The van der Waals surface area contributed by atoms with Gasteiger partial charge in [-0.05, 0) is 49.8 Å². The van der Waals surface area contributed by atoms with Crippen molar-refractivity contribution in [3.8, 4) is 10.7 Å². The van der Waals surface area contributed by atoms with Gasteiger partial charge in [-0.25, -0.2) is 4.68 Å². The van der Waals surface area contributed by atoms with Crippen LogP contribution >= 0.6 is 11.3 Å². The Hall–Kier alpha value is -1.76. The number of nitrogens with zero attached hydrogens (tertiary/aromatic N) is 4. The summed E-state index contributed by atoms with van der Waals surface area (Å²) in [6.45, 7) is 7.54. The molecule has 1 N–H and O–H groups in total. The molecular formula is C12H16N4O2S. The number of aromatic nitrogens is 4. The Bertz CT molecular complexity index is 585. The highest BCUT2D eigenvalue weighted by atomic mass is 32.1. The van der Waals surface area contributed by atoms with Crippen LogP contribution < -0.4 is 0 Å². The summed E-state index contributed by atoms with van der Waals surface area (Å²) in [7, 11) is 0. The fourth-order valence-corrected chi connectivity index (χ4v) is 2.74. The largest absolute Gasteiger partial charge is 0.481 e. The van der Waals surface area contributed by atoms with E-state index in [1.54, 1.807) is 22.9 Å². The van der Waals surface area contributed by atoms with Crippen LogP contribution in [0.15, 0.2) is 6.07 Å². The zero-order valence-corrected chi connectivity index (χ0v) is 12.1. The van der Waals surface area contributed by atoms with E-state index in [2.05, 4.69) is 15.5 Å². The molecule has 0 bridgehead atoms. The SMILES string of the molecule is Cc1cc(-c2nnnn2C(C)C(C)C(=O)O)sc1C. The quantitative estimate of drug-likeness (QED) is 0.929. The van der Waals surface area contributed by atoms with E-state index in [4.69, 9.17) is 5.11 Å². The Morgan fingerprint density at radius 3 is 2.63 bits per heavy atom. The summed E-state index contributed by atoms with van der Waals surface area (Å²) in [4.78, 5) is 13.2. The second-order valence-electron chi connectivity index (χ2n) is 4.66. The molecule has 2 aromatic rings. The van der Waals surface area contributed by atoms with Gasteiger partial charge >= 0.3 is 5.97 Å². The van der Waals surface area contributed by atoms with Crippen LogP contribution in [0, 0.1) is 19.8 Å². The molecule has 0 fully saturated rings. The summed E-state index contributed by atoms with van der Waals surface area (Å²) in [5, 5.41) is 20.7. The van der Waals surface area contributed by atoms with Gasteiger partial charge in [0.15, 0.2) is 5.82 Å². The maximum atomic E-state index is 11.1. The molecule has 0 aliphatic heterocycles. The zero-order valence-electron chi connectivity index (χ0n) is 11.3. The lowest BCUT2D eigenvalue weighted by molar-refractivity contribution is -0.142. The Morgan fingerprint density at radius 1 is 1.42 bits per heavy atom. The molecule has 0 aliphatic rings. The maximum absolute atomic E-state index is 11.1. The Balaban J connectivity index is 2.40.